The highest BCUT2D eigenvalue weighted by Crippen LogP contribution is 2.37. The Hall–Kier alpha value is -7.04. The minimum absolute atomic E-state index is 0.276. The summed E-state index contributed by atoms with van der Waals surface area (Å²) in [6.45, 7) is 4.25. The molecule has 3 aliphatic rings. The first-order valence-electron chi connectivity index (χ1n) is 20.4. The molecule has 4 nitrogen and oxygen atoms in total. The molecule has 1 unspecified atom stereocenters. The molecule has 0 bridgehead atoms. The third-order valence-corrected chi connectivity index (χ3v) is 10.7. The van der Waals surface area contributed by atoms with Crippen LogP contribution in [-0.2, 0) is 0 Å². The molecular weight excluding hydrogens is 705 g/mol. The second-order valence-corrected chi connectivity index (χ2v) is 14.4. The molecule has 0 spiro atoms. The number of nitrogens with zero attached hydrogens (tertiary/aromatic N) is 4. The van der Waals surface area contributed by atoms with Gasteiger partial charge in [0.1, 0.15) is 0 Å². The summed E-state index contributed by atoms with van der Waals surface area (Å²) in [6, 6.07) is 51.6. The molecule has 0 fully saturated rings. The lowest BCUT2D eigenvalue weighted by Crippen LogP contribution is -2.34. The number of benzene rings is 5. The number of hydrogen-bond acceptors (Lipinski definition) is 4. The summed E-state index contributed by atoms with van der Waals surface area (Å²) in [5.74, 6) is 0. The highest BCUT2D eigenvalue weighted by molar-refractivity contribution is 5.73. The van der Waals surface area contributed by atoms with Crippen LogP contribution in [0.15, 0.2) is 254 Å². The molecule has 286 valence electrons. The Morgan fingerprint density at radius 1 is 0.569 bits per heavy atom. The predicted octanol–water partition coefficient (Wildman–Crippen LogP) is 14.2. The molecule has 0 N–H and O–H groups in total. The van der Waals surface area contributed by atoms with Crippen LogP contribution in [0, 0.1) is 0 Å². The van der Waals surface area contributed by atoms with Crippen molar-refractivity contribution in [2.45, 2.75) is 38.1 Å². The summed E-state index contributed by atoms with van der Waals surface area (Å²) < 4.78 is 0. The van der Waals surface area contributed by atoms with E-state index < -0.39 is 0 Å². The van der Waals surface area contributed by atoms with Crippen LogP contribution in [0.2, 0.25) is 0 Å². The van der Waals surface area contributed by atoms with Crippen LogP contribution in [0.5, 0.6) is 0 Å². The number of para-hydroxylation sites is 4. The van der Waals surface area contributed by atoms with Gasteiger partial charge in [-0.25, -0.2) is 0 Å². The second-order valence-electron chi connectivity index (χ2n) is 14.4. The van der Waals surface area contributed by atoms with Gasteiger partial charge in [0.05, 0.1) is 6.04 Å². The van der Waals surface area contributed by atoms with Gasteiger partial charge in [0.2, 0.25) is 0 Å². The van der Waals surface area contributed by atoms with E-state index in [0.29, 0.717) is 0 Å². The molecule has 0 saturated heterocycles. The van der Waals surface area contributed by atoms with Crippen molar-refractivity contribution in [1.82, 2.24) is 0 Å². The van der Waals surface area contributed by atoms with Crippen molar-refractivity contribution in [1.29, 1.82) is 0 Å². The Kier molecular flexibility index (Phi) is 12.2. The zero-order chi connectivity index (χ0) is 39.4. The van der Waals surface area contributed by atoms with Crippen LogP contribution in [0.1, 0.15) is 32.1 Å². The molecule has 0 saturated carbocycles. The zero-order valence-electron chi connectivity index (χ0n) is 33.0. The number of hydrogen-bond donors (Lipinski definition) is 0. The SMILES string of the molecule is C=C/C(=C\C=C\N(C1=CC=C(N(c2ccccc2)C2C=CC=CC2)CC1)c1ccc(N(C2=CCCC=C2)c2ccccc2)cc1)N(c1ccccc1)c1ccccc1. The predicted molar refractivity (Wildman–Crippen MR) is 247 cm³/mol. The van der Waals surface area contributed by atoms with E-state index in [2.05, 4.69) is 245 Å². The molecular formula is C54H50N4. The van der Waals surface area contributed by atoms with Gasteiger partial charge in [-0.05, 0) is 141 Å². The van der Waals surface area contributed by atoms with E-state index in [0.717, 1.165) is 66.2 Å². The Balaban J connectivity index is 1.17. The molecule has 3 aliphatic carbocycles. The summed E-state index contributed by atoms with van der Waals surface area (Å²) in [5, 5.41) is 0. The van der Waals surface area contributed by atoms with Gasteiger partial charge in [0.15, 0.2) is 0 Å². The van der Waals surface area contributed by atoms with Crippen molar-refractivity contribution in [3.8, 4) is 0 Å². The van der Waals surface area contributed by atoms with Crippen LogP contribution < -0.4 is 19.6 Å². The van der Waals surface area contributed by atoms with Crippen molar-refractivity contribution in [3.63, 3.8) is 0 Å². The third-order valence-electron chi connectivity index (χ3n) is 10.7. The maximum absolute atomic E-state index is 4.25. The molecule has 0 aromatic heterocycles. The van der Waals surface area contributed by atoms with Gasteiger partial charge in [-0.2, -0.15) is 0 Å². The molecule has 4 heteroatoms. The monoisotopic (exact) mass is 754 g/mol. The smallest absolute Gasteiger partial charge is 0.0556 e. The van der Waals surface area contributed by atoms with Gasteiger partial charge >= 0.3 is 0 Å². The van der Waals surface area contributed by atoms with Gasteiger partial charge in [0.25, 0.3) is 0 Å². The Morgan fingerprint density at radius 3 is 1.69 bits per heavy atom. The zero-order valence-corrected chi connectivity index (χ0v) is 33.0. The summed E-state index contributed by atoms with van der Waals surface area (Å²) >= 11 is 0. The lowest BCUT2D eigenvalue weighted by atomic mass is 10.00. The fraction of sp³-hybridized carbons (Fsp3) is 0.111. The molecule has 1 atom stereocenters. The third kappa shape index (κ3) is 8.83. The molecule has 8 rings (SSSR count). The maximum Gasteiger partial charge on any atom is 0.0556 e. The first-order chi connectivity index (χ1) is 28.8. The van der Waals surface area contributed by atoms with Crippen LogP contribution in [0.3, 0.4) is 0 Å². The second kappa shape index (κ2) is 18.7. The van der Waals surface area contributed by atoms with Crippen molar-refractivity contribution >= 4 is 34.1 Å². The van der Waals surface area contributed by atoms with Crippen molar-refractivity contribution in [3.05, 3.63) is 254 Å². The van der Waals surface area contributed by atoms with Gasteiger partial charge in [-0.1, -0.05) is 116 Å². The molecule has 0 radical (unpaired) electrons. The summed E-state index contributed by atoms with van der Waals surface area (Å²) in [5.41, 5.74) is 11.5. The highest BCUT2D eigenvalue weighted by atomic mass is 15.2. The molecule has 0 aliphatic heterocycles. The highest BCUT2D eigenvalue weighted by Gasteiger charge is 2.24. The van der Waals surface area contributed by atoms with Crippen molar-refractivity contribution < 1.29 is 0 Å². The Morgan fingerprint density at radius 2 is 1.14 bits per heavy atom. The molecule has 5 aromatic carbocycles. The normalized spacial score (nSPS) is 16.3. The fourth-order valence-corrected chi connectivity index (χ4v) is 7.90. The van der Waals surface area contributed by atoms with E-state index in [1.54, 1.807) is 0 Å². The van der Waals surface area contributed by atoms with Crippen LogP contribution in [-0.4, -0.2) is 6.04 Å². The summed E-state index contributed by atoms with van der Waals surface area (Å²) in [6.07, 6.45) is 33.7. The average molecular weight is 755 g/mol. The number of rotatable bonds is 14. The van der Waals surface area contributed by atoms with Crippen molar-refractivity contribution in [2.75, 3.05) is 19.6 Å². The lowest BCUT2D eigenvalue weighted by Gasteiger charge is -2.36. The van der Waals surface area contributed by atoms with Crippen LogP contribution in [0.4, 0.5) is 34.1 Å². The number of allylic oxidation sites excluding steroid dienone is 12. The minimum Gasteiger partial charge on any atom is -0.338 e. The van der Waals surface area contributed by atoms with Gasteiger partial charge in [-0.3, -0.25) is 0 Å². The molecule has 58 heavy (non-hydrogen) atoms. The Labute approximate surface area is 344 Å². The Bertz CT molecular complexity index is 2340. The average Bonchev–Trinajstić information content (AvgIpc) is 3.30. The van der Waals surface area contributed by atoms with Crippen LogP contribution in [0.25, 0.3) is 0 Å². The summed E-state index contributed by atoms with van der Waals surface area (Å²) in [7, 11) is 0. The van der Waals surface area contributed by atoms with E-state index in [1.807, 2.05) is 6.08 Å². The molecule has 0 heterocycles. The van der Waals surface area contributed by atoms with Gasteiger partial charge in [0, 0.05) is 63.1 Å². The first-order valence-corrected chi connectivity index (χ1v) is 20.4. The van der Waals surface area contributed by atoms with Crippen molar-refractivity contribution in [2.24, 2.45) is 0 Å². The lowest BCUT2D eigenvalue weighted by molar-refractivity contribution is 0.711. The van der Waals surface area contributed by atoms with Gasteiger partial charge < -0.3 is 19.6 Å². The van der Waals surface area contributed by atoms with E-state index in [4.69, 9.17) is 0 Å². The maximum atomic E-state index is 4.25. The van der Waals surface area contributed by atoms with E-state index in [-0.39, 0.29) is 6.04 Å². The topological polar surface area (TPSA) is 13.0 Å². The number of anilines is 6. The standard InChI is InChI=1S/C54H50N4/c1-2-44(56(47-22-9-3-10-23-47)48-24-11-4-12-25-48)34-21-43-55(45-35-39-53(40-36-45)57(49-26-13-5-14-27-49)50-28-15-6-16-29-50)46-37-41-54(42-38-46)58(51-30-17-7-18-31-51)52-32-19-8-20-33-52/h2-7,9-19,21-28,30-35,37-39,41-43,50H,1,8,20,29,36,40H2/b43-21+,44-34+. The quantitative estimate of drug-likeness (QED) is 0.105. The largest absolute Gasteiger partial charge is 0.338 e. The van der Waals surface area contributed by atoms with E-state index in [1.165, 1.54) is 22.8 Å². The van der Waals surface area contributed by atoms with E-state index in [9.17, 15) is 0 Å². The molecule has 0 amide bonds. The van der Waals surface area contributed by atoms with Crippen LogP contribution >= 0.6 is 0 Å². The molecule has 5 aromatic rings. The first kappa shape index (κ1) is 37.9. The summed E-state index contributed by atoms with van der Waals surface area (Å²) in [4.78, 5) is 9.44. The van der Waals surface area contributed by atoms with E-state index >= 15 is 0 Å². The fourth-order valence-electron chi connectivity index (χ4n) is 7.90. The minimum atomic E-state index is 0.276. The van der Waals surface area contributed by atoms with Gasteiger partial charge in [-0.15, -0.1) is 0 Å².